The van der Waals surface area contributed by atoms with Crippen LogP contribution in [-0.4, -0.2) is 37.0 Å². The summed E-state index contributed by atoms with van der Waals surface area (Å²) in [5.41, 5.74) is -0.370. The highest BCUT2D eigenvalue weighted by atomic mass is 32.2. The molecule has 3 rings (SSSR count). The Hall–Kier alpha value is -1.12. The van der Waals surface area contributed by atoms with Crippen molar-refractivity contribution < 1.29 is 17.7 Å². The van der Waals surface area contributed by atoms with E-state index in [0.717, 1.165) is 0 Å². The third kappa shape index (κ3) is 2.75. The van der Waals surface area contributed by atoms with Crippen molar-refractivity contribution in [2.24, 2.45) is 0 Å². The Labute approximate surface area is 131 Å². The van der Waals surface area contributed by atoms with Crippen LogP contribution in [-0.2, 0) is 19.3 Å². The Morgan fingerprint density at radius 2 is 1.82 bits per heavy atom. The standard InChI is InChI=1S/C14H21BN2O4S/c1-13(2)14(3,4)21-15(20-13)11-6-5-9-16-12(11)17-22(18,19)10-7-8-10/h5-6,9-10H,7-8H2,1-4H3,(H,16,17). The van der Waals surface area contributed by atoms with E-state index < -0.39 is 28.3 Å². The molecule has 0 atom stereocenters. The van der Waals surface area contributed by atoms with Gasteiger partial charge in [-0.25, -0.2) is 13.4 Å². The van der Waals surface area contributed by atoms with E-state index >= 15 is 0 Å². The summed E-state index contributed by atoms with van der Waals surface area (Å²) in [5, 5.41) is -0.305. The lowest BCUT2D eigenvalue weighted by Gasteiger charge is -2.32. The van der Waals surface area contributed by atoms with Gasteiger partial charge in [0.2, 0.25) is 10.0 Å². The van der Waals surface area contributed by atoms with Crippen LogP contribution in [0.15, 0.2) is 18.3 Å². The molecule has 1 saturated carbocycles. The molecule has 0 unspecified atom stereocenters. The molecule has 0 aromatic carbocycles. The van der Waals surface area contributed by atoms with E-state index in [-0.39, 0.29) is 11.1 Å². The van der Waals surface area contributed by atoms with Gasteiger partial charge in [0.05, 0.1) is 16.5 Å². The van der Waals surface area contributed by atoms with Crippen molar-refractivity contribution >= 4 is 28.4 Å². The summed E-state index contributed by atoms with van der Waals surface area (Å²) in [5.74, 6) is 0.285. The van der Waals surface area contributed by atoms with Gasteiger partial charge < -0.3 is 9.31 Å². The molecule has 0 amide bonds. The summed E-state index contributed by atoms with van der Waals surface area (Å²) < 4.78 is 38.9. The molecule has 0 radical (unpaired) electrons. The smallest absolute Gasteiger partial charge is 0.399 e. The number of sulfonamides is 1. The number of hydrogen-bond acceptors (Lipinski definition) is 5. The lowest BCUT2D eigenvalue weighted by atomic mass is 9.79. The molecular weight excluding hydrogens is 303 g/mol. The summed E-state index contributed by atoms with van der Waals surface area (Å²) in [4.78, 5) is 4.16. The fraction of sp³-hybridized carbons (Fsp3) is 0.643. The van der Waals surface area contributed by atoms with Crippen LogP contribution in [0.2, 0.25) is 0 Å². The minimum absolute atomic E-state index is 0.285. The molecule has 1 saturated heterocycles. The molecule has 1 aliphatic heterocycles. The van der Waals surface area contributed by atoms with Crippen molar-refractivity contribution in [3.63, 3.8) is 0 Å². The van der Waals surface area contributed by atoms with Gasteiger partial charge in [0, 0.05) is 11.7 Å². The Morgan fingerprint density at radius 3 is 2.36 bits per heavy atom. The molecule has 22 heavy (non-hydrogen) atoms. The molecule has 1 N–H and O–H groups in total. The van der Waals surface area contributed by atoms with Crippen molar-refractivity contribution in [2.45, 2.75) is 57.0 Å². The summed E-state index contributed by atoms with van der Waals surface area (Å²) in [6.45, 7) is 7.82. The van der Waals surface area contributed by atoms with Crippen LogP contribution in [0.4, 0.5) is 5.82 Å². The minimum Gasteiger partial charge on any atom is -0.399 e. The Kier molecular flexibility index (Phi) is 3.54. The maximum atomic E-state index is 12.2. The molecular formula is C14H21BN2O4S. The second-order valence-corrected chi connectivity index (χ2v) is 8.84. The van der Waals surface area contributed by atoms with Crippen LogP contribution < -0.4 is 10.2 Å². The molecule has 0 spiro atoms. The van der Waals surface area contributed by atoms with Gasteiger partial charge in [-0.15, -0.1) is 0 Å². The zero-order valence-electron chi connectivity index (χ0n) is 13.3. The minimum atomic E-state index is -3.37. The highest BCUT2D eigenvalue weighted by molar-refractivity contribution is 7.93. The molecule has 120 valence electrons. The normalized spacial score (nSPS) is 23.5. The second-order valence-electron chi connectivity index (χ2n) is 6.88. The van der Waals surface area contributed by atoms with E-state index in [0.29, 0.717) is 18.3 Å². The molecule has 0 bridgehead atoms. The van der Waals surface area contributed by atoms with Crippen molar-refractivity contribution in [2.75, 3.05) is 4.72 Å². The molecule has 1 aromatic rings. The lowest BCUT2D eigenvalue weighted by Crippen LogP contribution is -2.41. The van der Waals surface area contributed by atoms with Crippen LogP contribution in [0.3, 0.4) is 0 Å². The van der Waals surface area contributed by atoms with Gasteiger partial charge in [-0.3, -0.25) is 4.72 Å². The monoisotopic (exact) mass is 324 g/mol. The van der Waals surface area contributed by atoms with Gasteiger partial charge in [0.15, 0.2) is 0 Å². The lowest BCUT2D eigenvalue weighted by molar-refractivity contribution is 0.00578. The number of pyridine rings is 1. The van der Waals surface area contributed by atoms with E-state index in [1.807, 2.05) is 27.7 Å². The van der Waals surface area contributed by atoms with Gasteiger partial charge in [0.1, 0.15) is 5.82 Å². The molecule has 8 heteroatoms. The Bertz CT molecular complexity index is 670. The SMILES string of the molecule is CC1(C)OB(c2cccnc2NS(=O)(=O)C2CC2)OC1(C)C. The molecule has 1 aromatic heterocycles. The van der Waals surface area contributed by atoms with Crippen LogP contribution in [0.5, 0.6) is 0 Å². The second kappa shape index (κ2) is 4.94. The topological polar surface area (TPSA) is 77.5 Å². The average Bonchev–Trinajstić information content (AvgIpc) is 3.19. The van der Waals surface area contributed by atoms with Crippen molar-refractivity contribution in [3.8, 4) is 0 Å². The van der Waals surface area contributed by atoms with Gasteiger partial charge in [-0.1, -0.05) is 6.07 Å². The summed E-state index contributed by atoms with van der Waals surface area (Å²) in [6.07, 6.45) is 2.96. The van der Waals surface area contributed by atoms with Crippen molar-refractivity contribution in [1.82, 2.24) is 4.98 Å². The fourth-order valence-electron chi connectivity index (χ4n) is 2.26. The number of nitrogens with one attached hydrogen (secondary N) is 1. The maximum absolute atomic E-state index is 12.2. The highest BCUT2D eigenvalue weighted by Crippen LogP contribution is 2.37. The fourth-order valence-corrected chi connectivity index (χ4v) is 3.62. The summed E-state index contributed by atoms with van der Waals surface area (Å²) in [7, 11) is -4.02. The van der Waals surface area contributed by atoms with Crippen LogP contribution in [0.1, 0.15) is 40.5 Å². The van der Waals surface area contributed by atoms with E-state index in [2.05, 4.69) is 9.71 Å². The van der Waals surface area contributed by atoms with E-state index in [4.69, 9.17) is 9.31 Å². The van der Waals surface area contributed by atoms with Crippen LogP contribution in [0.25, 0.3) is 0 Å². The zero-order chi connectivity index (χ0) is 16.2. The molecule has 6 nitrogen and oxygen atoms in total. The van der Waals surface area contributed by atoms with E-state index in [1.54, 1.807) is 18.3 Å². The van der Waals surface area contributed by atoms with E-state index in [9.17, 15) is 8.42 Å². The van der Waals surface area contributed by atoms with Gasteiger partial charge in [-0.05, 0) is 46.6 Å². The Morgan fingerprint density at radius 1 is 1.23 bits per heavy atom. The number of anilines is 1. The first-order chi connectivity index (χ1) is 10.1. The third-order valence-corrected chi connectivity index (χ3v) is 6.38. The Balaban J connectivity index is 1.89. The first kappa shape index (κ1) is 15.8. The predicted octanol–water partition coefficient (Wildman–Crippen LogP) is 1.28. The molecule has 2 fully saturated rings. The first-order valence-electron chi connectivity index (χ1n) is 7.45. The van der Waals surface area contributed by atoms with Crippen molar-refractivity contribution in [3.05, 3.63) is 18.3 Å². The zero-order valence-corrected chi connectivity index (χ0v) is 14.1. The molecule has 2 heterocycles. The highest BCUT2D eigenvalue weighted by Gasteiger charge is 2.52. The summed E-state index contributed by atoms with van der Waals surface area (Å²) >= 11 is 0. The first-order valence-corrected chi connectivity index (χ1v) is 8.99. The number of nitrogens with zero attached hydrogens (tertiary/aromatic N) is 1. The maximum Gasteiger partial charge on any atom is 0.498 e. The van der Waals surface area contributed by atoms with E-state index in [1.165, 1.54) is 0 Å². The quantitative estimate of drug-likeness (QED) is 0.845. The van der Waals surface area contributed by atoms with Crippen LogP contribution >= 0.6 is 0 Å². The summed E-state index contributed by atoms with van der Waals surface area (Å²) in [6, 6.07) is 3.52. The molecule has 2 aliphatic rings. The number of rotatable bonds is 4. The van der Waals surface area contributed by atoms with Gasteiger partial charge in [-0.2, -0.15) is 0 Å². The van der Waals surface area contributed by atoms with Crippen LogP contribution in [0, 0.1) is 0 Å². The van der Waals surface area contributed by atoms with Crippen molar-refractivity contribution in [1.29, 1.82) is 0 Å². The van der Waals surface area contributed by atoms with Gasteiger partial charge >= 0.3 is 7.12 Å². The average molecular weight is 324 g/mol. The number of hydrogen-bond donors (Lipinski definition) is 1. The van der Waals surface area contributed by atoms with Gasteiger partial charge in [0.25, 0.3) is 0 Å². The largest absolute Gasteiger partial charge is 0.498 e. The number of aromatic nitrogens is 1. The predicted molar refractivity (Wildman–Crippen MR) is 85.5 cm³/mol. The third-order valence-electron chi connectivity index (χ3n) is 4.55. The molecule has 1 aliphatic carbocycles.